The van der Waals surface area contributed by atoms with Gasteiger partial charge in [-0.2, -0.15) is 0 Å². The molecule has 94 valence electrons. The highest BCUT2D eigenvalue weighted by molar-refractivity contribution is 9.09. The predicted octanol–water partition coefficient (Wildman–Crippen LogP) is 3.20. The Kier molecular flexibility index (Phi) is 4.68. The van der Waals surface area contributed by atoms with Gasteiger partial charge in [-0.05, 0) is 17.7 Å². The number of hydrogen-bond donors (Lipinski definition) is 0. The van der Waals surface area contributed by atoms with Gasteiger partial charge in [0.15, 0.2) is 0 Å². The zero-order valence-corrected chi connectivity index (χ0v) is 11.8. The van der Waals surface area contributed by atoms with E-state index in [1.807, 2.05) is 12.1 Å². The van der Waals surface area contributed by atoms with Crippen LogP contribution in [0.25, 0.3) is 0 Å². The Bertz CT molecular complexity index is 380. The summed E-state index contributed by atoms with van der Waals surface area (Å²) in [7, 11) is 1.62. The Balaban J connectivity index is 2.15. The number of rotatable bonds is 3. The zero-order chi connectivity index (χ0) is 12.3. The van der Waals surface area contributed by atoms with Crippen molar-refractivity contribution in [1.82, 2.24) is 0 Å². The monoisotopic (exact) mass is 320 g/mol. The molecule has 5 heteroatoms. The van der Waals surface area contributed by atoms with Crippen molar-refractivity contribution in [1.29, 1.82) is 0 Å². The lowest BCUT2D eigenvalue weighted by molar-refractivity contribution is -0.0876. The smallest absolute Gasteiger partial charge is 0.120 e. The molecule has 0 bridgehead atoms. The van der Waals surface area contributed by atoms with E-state index in [9.17, 15) is 0 Å². The maximum atomic E-state index is 6.22. The molecular weight excluding hydrogens is 307 g/mol. The average Bonchev–Trinajstić information content (AvgIpc) is 2.39. The second kappa shape index (κ2) is 6.05. The fourth-order valence-corrected chi connectivity index (χ4v) is 2.86. The first-order valence-electron chi connectivity index (χ1n) is 5.39. The van der Waals surface area contributed by atoms with Crippen molar-refractivity contribution in [2.45, 2.75) is 10.9 Å². The molecule has 1 aromatic carbocycles. The molecule has 0 N–H and O–H groups in total. The van der Waals surface area contributed by atoms with Crippen LogP contribution in [0.4, 0.5) is 0 Å². The van der Waals surface area contributed by atoms with E-state index in [0.717, 1.165) is 11.3 Å². The zero-order valence-electron chi connectivity index (χ0n) is 9.49. The van der Waals surface area contributed by atoms with Gasteiger partial charge < -0.3 is 14.2 Å². The molecule has 3 nitrogen and oxygen atoms in total. The van der Waals surface area contributed by atoms with Gasteiger partial charge in [0, 0.05) is 5.02 Å². The molecule has 2 unspecified atom stereocenters. The molecular formula is C12H14BrClO3. The van der Waals surface area contributed by atoms with E-state index in [2.05, 4.69) is 15.9 Å². The van der Waals surface area contributed by atoms with E-state index < -0.39 is 0 Å². The number of ether oxygens (including phenoxy) is 3. The molecule has 1 aliphatic rings. The van der Waals surface area contributed by atoms with Crippen molar-refractivity contribution in [3.05, 3.63) is 28.8 Å². The van der Waals surface area contributed by atoms with Gasteiger partial charge in [0.05, 0.1) is 37.9 Å². The molecule has 0 radical (unpaired) electrons. The van der Waals surface area contributed by atoms with Gasteiger partial charge in [-0.15, -0.1) is 0 Å². The van der Waals surface area contributed by atoms with Gasteiger partial charge in [0.1, 0.15) is 5.75 Å². The Labute approximate surface area is 114 Å². The van der Waals surface area contributed by atoms with Crippen molar-refractivity contribution in [2.24, 2.45) is 0 Å². The van der Waals surface area contributed by atoms with Crippen LogP contribution in [0.2, 0.25) is 5.02 Å². The summed E-state index contributed by atoms with van der Waals surface area (Å²) in [6, 6.07) is 5.63. The molecule has 2 rings (SSSR count). The standard InChI is InChI=1S/C12H14BrClO3/c1-15-8-2-3-9(10(14)6-8)12(13)11-7-16-4-5-17-11/h2-3,6,11-12H,4-5,7H2,1H3. The van der Waals surface area contributed by atoms with Gasteiger partial charge in [-0.1, -0.05) is 33.6 Å². The fourth-order valence-electron chi connectivity index (χ4n) is 1.73. The van der Waals surface area contributed by atoms with Crippen molar-refractivity contribution in [3.8, 4) is 5.75 Å². The van der Waals surface area contributed by atoms with Gasteiger partial charge in [-0.25, -0.2) is 0 Å². The van der Waals surface area contributed by atoms with E-state index in [4.69, 9.17) is 25.8 Å². The van der Waals surface area contributed by atoms with Crippen LogP contribution < -0.4 is 4.74 Å². The summed E-state index contributed by atoms with van der Waals surface area (Å²) in [5.74, 6) is 0.749. The first-order valence-corrected chi connectivity index (χ1v) is 6.68. The molecule has 0 aromatic heterocycles. The van der Waals surface area contributed by atoms with E-state index in [-0.39, 0.29) is 10.9 Å². The molecule has 17 heavy (non-hydrogen) atoms. The molecule has 0 spiro atoms. The van der Waals surface area contributed by atoms with Crippen LogP contribution in [0.3, 0.4) is 0 Å². The molecule has 1 heterocycles. The lowest BCUT2D eigenvalue weighted by Crippen LogP contribution is -2.31. The molecule has 1 aliphatic heterocycles. The van der Waals surface area contributed by atoms with Gasteiger partial charge >= 0.3 is 0 Å². The Hall–Kier alpha value is -0.290. The Morgan fingerprint density at radius 1 is 1.47 bits per heavy atom. The predicted molar refractivity (Wildman–Crippen MR) is 70.2 cm³/mol. The van der Waals surface area contributed by atoms with E-state index >= 15 is 0 Å². The maximum absolute atomic E-state index is 6.22. The van der Waals surface area contributed by atoms with Gasteiger partial charge in [-0.3, -0.25) is 0 Å². The summed E-state index contributed by atoms with van der Waals surface area (Å²) in [6.45, 7) is 1.87. The van der Waals surface area contributed by atoms with Crippen LogP contribution in [0, 0.1) is 0 Å². The van der Waals surface area contributed by atoms with Crippen molar-refractivity contribution in [3.63, 3.8) is 0 Å². The Morgan fingerprint density at radius 3 is 2.88 bits per heavy atom. The summed E-state index contributed by atoms with van der Waals surface area (Å²) < 4.78 is 16.2. The fraction of sp³-hybridized carbons (Fsp3) is 0.500. The van der Waals surface area contributed by atoms with Crippen LogP contribution in [-0.2, 0) is 9.47 Å². The van der Waals surface area contributed by atoms with Crippen molar-refractivity contribution < 1.29 is 14.2 Å². The minimum Gasteiger partial charge on any atom is -0.497 e. The second-order valence-corrected chi connectivity index (χ2v) is 5.17. The molecule has 0 saturated carbocycles. The first-order chi connectivity index (χ1) is 8.22. The molecule has 1 fully saturated rings. The summed E-state index contributed by atoms with van der Waals surface area (Å²) in [5.41, 5.74) is 0.989. The molecule has 0 amide bonds. The minimum absolute atomic E-state index is 0.00496. The number of halogens is 2. The molecule has 2 atom stereocenters. The van der Waals surface area contributed by atoms with Gasteiger partial charge in [0.2, 0.25) is 0 Å². The second-order valence-electron chi connectivity index (χ2n) is 3.77. The number of benzene rings is 1. The largest absolute Gasteiger partial charge is 0.497 e. The SMILES string of the molecule is COc1ccc(C(Br)C2COCCO2)c(Cl)c1. The van der Waals surface area contributed by atoms with Gasteiger partial charge in [0.25, 0.3) is 0 Å². The third kappa shape index (κ3) is 3.13. The number of methoxy groups -OCH3 is 1. The molecule has 1 aromatic rings. The average molecular weight is 322 g/mol. The van der Waals surface area contributed by atoms with E-state index in [1.165, 1.54) is 0 Å². The van der Waals surface area contributed by atoms with Crippen LogP contribution in [0.15, 0.2) is 18.2 Å². The van der Waals surface area contributed by atoms with Crippen LogP contribution in [-0.4, -0.2) is 33.0 Å². The van der Waals surface area contributed by atoms with Crippen LogP contribution >= 0.6 is 27.5 Å². The molecule has 1 saturated heterocycles. The lowest BCUT2D eigenvalue weighted by Gasteiger charge is -2.27. The van der Waals surface area contributed by atoms with Crippen molar-refractivity contribution in [2.75, 3.05) is 26.9 Å². The highest BCUT2D eigenvalue weighted by atomic mass is 79.9. The summed E-state index contributed by atoms with van der Waals surface area (Å²) >= 11 is 9.83. The highest BCUT2D eigenvalue weighted by Crippen LogP contribution is 2.36. The number of alkyl halides is 1. The molecule has 0 aliphatic carbocycles. The lowest BCUT2D eigenvalue weighted by atomic mass is 10.1. The van der Waals surface area contributed by atoms with Crippen molar-refractivity contribution >= 4 is 27.5 Å². The van der Waals surface area contributed by atoms with E-state index in [1.54, 1.807) is 13.2 Å². The quantitative estimate of drug-likeness (QED) is 0.800. The Morgan fingerprint density at radius 2 is 2.29 bits per heavy atom. The first kappa shape index (κ1) is 13.1. The summed E-state index contributed by atoms with van der Waals surface area (Å²) in [6.07, 6.45) is -0.00496. The van der Waals surface area contributed by atoms with E-state index in [0.29, 0.717) is 24.8 Å². The van der Waals surface area contributed by atoms with Crippen LogP contribution in [0.5, 0.6) is 5.75 Å². The number of hydrogen-bond acceptors (Lipinski definition) is 3. The minimum atomic E-state index is -0.00496. The highest BCUT2D eigenvalue weighted by Gasteiger charge is 2.26. The topological polar surface area (TPSA) is 27.7 Å². The summed E-state index contributed by atoms with van der Waals surface area (Å²) in [4.78, 5) is 0.0289. The third-order valence-electron chi connectivity index (χ3n) is 2.67. The normalized spacial score (nSPS) is 22.2. The third-order valence-corrected chi connectivity index (χ3v) is 4.08. The summed E-state index contributed by atoms with van der Waals surface area (Å²) in [5, 5.41) is 0.667. The maximum Gasteiger partial charge on any atom is 0.120 e. The van der Waals surface area contributed by atoms with Crippen LogP contribution in [0.1, 0.15) is 10.4 Å².